The molecule has 2 rings (SSSR count). The van der Waals surface area contributed by atoms with Crippen LogP contribution in [0.5, 0.6) is 5.75 Å². The van der Waals surface area contributed by atoms with Crippen LogP contribution in [0.1, 0.15) is 32.6 Å². The molecule has 0 amide bonds. The van der Waals surface area contributed by atoms with E-state index in [1.165, 1.54) is 18.2 Å². The molecule has 1 fully saturated rings. The monoisotopic (exact) mass is 345 g/mol. The molecule has 2 atom stereocenters. The fourth-order valence-corrected chi connectivity index (χ4v) is 2.79. The SMILES string of the molecule is CC1(CN=C(N)Nc2cccc(OC(F)(F)F)c2)CCCCC1O. The number of hydrogen-bond acceptors (Lipinski definition) is 3. The summed E-state index contributed by atoms with van der Waals surface area (Å²) in [5.74, 6) is -0.256. The second kappa shape index (κ2) is 7.29. The number of anilines is 1. The van der Waals surface area contributed by atoms with Crippen molar-refractivity contribution in [2.24, 2.45) is 16.1 Å². The summed E-state index contributed by atoms with van der Waals surface area (Å²) in [5.41, 5.74) is 5.81. The number of nitrogens with one attached hydrogen (secondary N) is 1. The van der Waals surface area contributed by atoms with E-state index < -0.39 is 12.5 Å². The van der Waals surface area contributed by atoms with Crippen molar-refractivity contribution in [3.05, 3.63) is 24.3 Å². The Hall–Kier alpha value is -1.96. The highest BCUT2D eigenvalue weighted by Crippen LogP contribution is 2.36. The number of benzene rings is 1. The number of aliphatic imine (C=N–C) groups is 1. The van der Waals surface area contributed by atoms with Crippen molar-refractivity contribution in [1.82, 2.24) is 0 Å². The van der Waals surface area contributed by atoms with Crippen LogP contribution in [0.3, 0.4) is 0 Å². The van der Waals surface area contributed by atoms with Gasteiger partial charge in [-0.15, -0.1) is 13.2 Å². The number of nitrogens with zero attached hydrogens (tertiary/aromatic N) is 1. The third-order valence-corrected chi connectivity index (χ3v) is 4.23. The van der Waals surface area contributed by atoms with Crippen LogP contribution in [0.15, 0.2) is 29.3 Å². The van der Waals surface area contributed by atoms with Crippen molar-refractivity contribution in [3.63, 3.8) is 0 Å². The number of halogens is 3. The van der Waals surface area contributed by atoms with Gasteiger partial charge >= 0.3 is 6.36 Å². The molecule has 0 heterocycles. The number of aliphatic hydroxyl groups is 1. The Labute approximate surface area is 138 Å². The fourth-order valence-electron chi connectivity index (χ4n) is 2.79. The molecule has 0 aliphatic heterocycles. The Kier molecular flexibility index (Phi) is 5.58. The molecule has 0 spiro atoms. The van der Waals surface area contributed by atoms with Gasteiger partial charge in [0, 0.05) is 17.2 Å². The quantitative estimate of drug-likeness (QED) is 0.578. The number of rotatable bonds is 4. The predicted molar refractivity (Wildman–Crippen MR) is 85.8 cm³/mol. The highest BCUT2D eigenvalue weighted by molar-refractivity contribution is 5.92. The van der Waals surface area contributed by atoms with Gasteiger partial charge in [-0.3, -0.25) is 4.99 Å². The number of alkyl halides is 3. The van der Waals surface area contributed by atoms with Gasteiger partial charge in [-0.2, -0.15) is 0 Å². The lowest BCUT2D eigenvalue weighted by molar-refractivity contribution is -0.274. The van der Waals surface area contributed by atoms with Gasteiger partial charge in [-0.25, -0.2) is 0 Å². The molecule has 0 aromatic heterocycles. The minimum Gasteiger partial charge on any atom is -0.406 e. The van der Waals surface area contributed by atoms with E-state index in [1.54, 1.807) is 6.07 Å². The van der Waals surface area contributed by atoms with Crippen LogP contribution < -0.4 is 15.8 Å². The first-order valence-corrected chi connectivity index (χ1v) is 7.79. The van der Waals surface area contributed by atoms with Gasteiger partial charge in [0.15, 0.2) is 5.96 Å². The zero-order valence-corrected chi connectivity index (χ0v) is 13.4. The Morgan fingerprint density at radius 1 is 1.46 bits per heavy atom. The minimum atomic E-state index is -4.75. The lowest BCUT2D eigenvalue weighted by Gasteiger charge is -2.37. The van der Waals surface area contributed by atoms with E-state index in [2.05, 4.69) is 15.0 Å². The standard InChI is InChI=1S/C16H22F3N3O2/c1-15(8-3-2-7-13(15)23)10-21-14(20)22-11-5-4-6-12(9-11)24-16(17,18)19/h4-6,9,13,23H,2-3,7-8,10H2,1H3,(H3,20,21,22). The zero-order chi connectivity index (χ0) is 17.8. The summed E-state index contributed by atoms with van der Waals surface area (Å²) < 4.78 is 40.5. The van der Waals surface area contributed by atoms with Gasteiger partial charge in [-0.1, -0.05) is 25.8 Å². The number of guanidine groups is 1. The summed E-state index contributed by atoms with van der Waals surface area (Å²) in [6, 6.07) is 5.37. The van der Waals surface area contributed by atoms with E-state index in [0.29, 0.717) is 12.2 Å². The third-order valence-electron chi connectivity index (χ3n) is 4.23. The van der Waals surface area contributed by atoms with E-state index >= 15 is 0 Å². The van der Waals surface area contributed by atoms with Gasteiger partial charge < -0.3 is 20.9 Å². The van der Waals surface area contributed by atoms with Crippen molar-refractivity contribution >= 4 is 11.6 Å². The van der Waals surface area contributed by atoms with Crippen molar-refractivity contribution in [1.29, 1.82) is 0 Å². The van der Waals surface area contributed by atoms with Crippen LogP contribution in [0.4, 0.5) is 18.9 Å². The van der Waals surface area contributed by atoms with Crippen LogP contribution >= 0.6 is 0 Å². The lowest BCUT2D eigenvalue weighted by Crippen LogP contribution is -2.39. The average molecular weight is 345 g/mol. The Balaban J connectivity index is 1.98. The van der Waals surface area contributed by atoms with E-state index in [0.717, 1.165) is 25.7 Å². The molecule has 24 heavy (non-hydrogen) atoms. The molecule has 1 aromatic carbocycles. The van der Waals surface area contributed by atoms with Crippen LogP contribution in [0.2, 0.25) is 0 Å². The molecule has 5 nitrogen and oxygen atoms in total. The number of ether oxygens (including phenoxy) is 1. The maximum atomic E-state index is 12.2. The van der Waals surface area contributed by atoms with Gasteiger partial charge in [0.1, 0.15) is 5.75 Å². The van der Waals surface area contributed by atoms with Crippen molar-refractivity contribution in [2.45, 2.75) is 45.1 Å². The summed E-state index contributed by atoms with van der Waals surface area (Å²) >= 11 is 0. The number of hydrogen-bond donors (Lipinski definition) is 3. The molecule has 8 heteroatoms. The van der Waals surface area contributed by atoms with Gasteiger partial charge in [0.05, 0.1) is 12.6 Å². The summed E-state index contributed by atoms with van der Waals surface area (Å²) in [4.78, 5) is 4.23. The topological polar surface area (TPSA) is 79.9 Å². The predicted octanol–water partition coefficient (Wildman–Crippen LogP) is 3.25. The minimum absolute atomic E-state index is 0.0816. The highest BCUT2D eigenvalue weighted by Gasteiger charge is 2.35. The smallest absolute Gasteiger partial charge is 0.406 e. The molecular formula is C16H22F3N3O2. The molecular weight excluding hydrogens is 323 g/mol. The van der Waals surface area contributed by atoms with Crippen LogP contribution in [-0.2, 0) is 0 Å². The number of nitrogens with two attached hydrogens (primary N) is 1. The second-order valence-electron chi connectivity index (χ2n) is 6.32. The summed E-state index contributed by atoms with van der Waals surface area (Å²) in [6.07, 6.45) is -1.53. The van der Waals surface area contributed by atoms with E-state index in [9.17, 15) is 18.3 Å². The van der Waals surface area contributed by atoms with Crippen LogP contribution in [0, 0.1) is 5.41 Å². The maximum absolute atomic E-state index is 12.2. The normalized spacial score (nSPS) is 25.4. The van der Waals surface area contributed by atoms with Crippen molar-refractivity contribution in [3.8, 4) is 5.75 Å². The molecule has 4 N–H and O–H groups in total. The van der Waals surface area contributed by atoms with E-state index in [4.69, 9.17) is 5.73 Å². The second-order valence-corrected chi connectivity index (χ2v) is 6.32. The zero-order valence-electron chi connectivity index (χ0n) is 13.4. The van der Waals surface area contributed by atoms with E-state index in [-0.39, 0.29) is 17.1 Å². The molecule has 2 unspecified atom stereocenters. The first kappa shape index (κ1) is 18.4. The summed E-state index contributed by atoms with van der Waals surface area (Å²) in [7, 11) is 0. The van der Waals surface area contributed by atoms with Gasteiger partial charge in [-0.05, 0) is 25.0 Å². The molecule has 1 aromatic rings. The Morgan fingerprint density at radius 3 is 2.88 bits per heavy atom. The number of aliphatic hydroxyl groups excluding tert-OH is 1. The molecule has 0 radical (unpaired) electrons. The fraction of sp³-hybridized carbons (Fsp3) is 0.562. The maximum Gasteiger partial charge on any atom is 0.573 e. The van der Waals surface area contributed by atoms with Crippen LogP contribution in [-0.4, -0.2) is 30.1 Å². The molecule has 1 aliphatic rings. The lowest BCUT2D eigenvalue weighted by atomic mass is 9.73. The molecule has 1 aliphatic carbocycles. The van der Waals surface area contributed by atoms with Gasteiger partial charge in [0.25, 0.3) is 0 Å². The van der Waals surface area contributed by atoms with Crippen LogP contribution in [0.25, 0.3) is 0 Å². The van der Waals surface area contributed by atoms with E-state index in [1.807, 2.05) is 6.92 Å². The third kappa shape index (κ3) is 5.30. The Bertz CT molecular complexity index is 592. The van der Waals surface area contributed by atoms with Crippen molar-refractivity contribution < 1.29 is 23.0 Å². The highest BCUT2D eigenvalue weighted by atomic mass is 19.4. The van der Waals surface area contributed by atoms with Crippen molar-refractivity contribution in [2.75, 3.05) is 11.9 Å². The first-order chi connectivity index (χ1) is 11.2. The summed E-state index contributed by atoms with van der Waals surface area (Å²) in [6.45, 7) is 2.32. The molecule has 0 saturated heterocycles. The molecule has 0 bridgehead atoms. The average Bonchev–Trinajstić information content (AvgIpc) is 2.47. The van der Waals surface area contributed by atoms with Gasteiger partial charge in [0.2, 0.25) is 0 Å². The first-order valence-electron chi connectivity index (χ1n) is 7.79. The largest absolute Gasteiger partial charge is 0.573 e. The Morgan fingerprint density at radius 2 is 2.21 bits per heavy atom. The molecule has 1 saturated carbocycles. The summed E-state index contributed by atoms with van der Waals surface area (Å²) in [5, 5.41) is 12.9. The molecule has 134 valence electrons.